The summed E-state index contributed by atoms with van der Waals surface area (Å²) in [5.41, 5.74) is 2.79. The lowest BCUT2D eigenvalue weighted by Gasteiger charge is -2.17. The molecule has 0 bridgehead atoms. The third kappa shape index (κ3) is 3.05. The molecular weight excluding hydrogens is 346 g/mol. The quantitative estimate of drug-likeness (QED) is 0.770. The van der Waals surface area contributed by atoms with Crippen LogP contribution in [-0.2, 0) is 24.2 Å². The van der Waals surface area contributed by atoms with E-state index in [-0.39, 0.29) is 18.0 Å². The number of carbonyl (C=O) groups excluding carboxylic acids is 1. The Morgan fingerprint density at radius 3 is 3.00 bits per heavy atom. The van der Waals surface area contributed by atoms with E-state index >= 15 is 0 Å². The van der Waals surface area contributed by atoms with Crippen LogP contribution in [0.15, 0.2) is 35.4 Å². The number of aryl methyl sites for hydroxylation is 2. The van der Waals surface area contributed by atoms with Crippen molar-refractivity contribution in [1.82, 2.24) is 9.55 Å². The number of benzene rings is 1. The third-order valence-electron chi connectivity index (χ3n) is 5.02. The van der Waals surface area contributed by atoms with Crippen molar-refractivity contribution in [3.63, 3.8) is 0 Å². The molecule has 3 aromatic rings. The predicted octanol–water partition coefficient (Wildman–Crippen LogP) is 3.53. The fourth-order valence-electron chi connectivity index (χ4n) is 3.54. The highest BCUT2D eigenvalue weighted by Crippen LogP contribution is 2.35. The zero-order chi connectivity index (χ0) is 18.3. The number of amides is 1. The topological polar surface area (TPSA) is 64.0 Å². The second kappa shape index (κ2) is 6.68. The summed E-state index contributed by atoms with van der Waals surface area (Å²) in [4.78, 5) is 31.9. The molecule has 1 aliphatic carbocycles. The molecule has 0 radical (unpaired) electrons. The minimum absolute atomic E-state index is 0.0306. The summed E-state index contributed by atoms with van der Waals surface area (Å²) in [5.74, 6) is 0.429. The fourth-order valence-corrected chi connectivity index (χ4v) is 4.88. The largest absolute Gasteiger partial charge is 0.324 e. The number of thiophene rings is 1. The molecule has 1 N–H and O–H groups in total. The first kappa shape index (κ1) is 17.0. The van der Waals surface area contributed by atoms with Crippen LogP contribution < -0.4 is 10.9 Å². The molecule has 1 aromatic carbocycles. The Bertz CT molecular complexity index is 1050. The van der Waals surface area contributed by atoms with Gasteiger partial charge in [0.1, 0.15) is 11.4 Å². The van der Waals surface area contributed by atoms with Gasteiger partial charge < -0.3 is 5.32 Å². The van der Waals surface area contributed by atoms with Gasteiger partial charge in [0.05, 0.1) is 11.7 Å². The fraction of sp³-hybridized carbons (Fsp3) is 0.350. The molecule has 134 valence electrons. The smallest absolute Gasteiger partial charge is 0.262 e. The summed E-state index contributed by atoms with van der Waals surface area (Å²) in [6.45, 7) is 4.15. The molecule has 5 nitrogen and oxygen atoms in total. The van der Waals surface area contributed by atoms with Crippen molar-refractivity contribution in [1.29, 1.82) is 0 Å². The van der Waals surface area contributed by atoms with E-state index in [1.54, 1.807) is 11.3 Å². The zero-order valence-corrected chi connectivity index (χ0v) is 15.7. The number of hydrogen-bond acceptors (Lipinski definition) is 4. The van der Waals surface area contributed by atoms with E-state index in [9.17, 15) is 9.59 Å². The first-order chi connectivity index (χ1) is 12.5. The van der Waals surface area contributed by atoms with Crippen molar-refractivity contribution >= 4 is 33.1 Å². The molecule has 26 heavy (non-hydrogen) atoms. The summed E-state index contributed by atoms with van der Waals surface area (Å²) in [5, 5.41) is 3.58. The molecule has 1 atom stereocenters. The molecule has 2 aromatic heterocycles. The maximum atomic E-state index is 12.9. The van der Waals surface area contributed by atoms with Crippen LogP contribution in [0.4, 0.5) is 5.69 Å². The SMILES string of the molecule is Cc1ccccc1NC(=O)Cn1cnc2sc3c(c2c1=O)CC[C@H](C)C3. The Labute approximate surface area is 155 Å². The number of para-hydroxylation sites is 1. The second-order valence-corrected chi connectivity index (χ2v) is 8.16. The molecule has 0 fully saturated rings. The van der Waals surface area contributed by atoms with Crippen molar-refractivity contribution < 1.29 is 4.79 Å². The third-order valence-corrected chi connectivity index (χ3v) is 6.18. The number of nitrogens with one attached hydrogen (secondary N) is 1. The van der Waals surface area contributed by atoms with Crippen molar-refractivity contribution in [3.8, 4) is 0 Å². The minimum atomic E-state index is -0.222. The zero-order valence-electron chi connectivity index (χ0n) is 14.9. The molecule has 0 spiro atoms. The number of aromatic nitrogens is 2. The Hall–Kier alpha value is -2.47. The summed E-state index contributed by atoms with van der Waals surface area (Å²) in [6, 6.07) is 7.59. The van der Waals surface area contributed by atoms with Crippen molar-refractivity contribution in [2.24, 2.45) is 5.92 Å². The first-order valence-corrected chi connectivity index (χ1v) is 9.69. The van der Waals surface area contributed by atoms with Crippen LogP contribution in [0.5, 0.6) is 0 Å². The number of fused-ring (bicyclic) bond motifs is 3. The number of hydrogen-bond donors (Lipinski definition) is 1. The predicted molar refractivity (Wildman–Crippen MR) is 105 cm³/mol. The van der Waals surface area contributed by atoms with Crippen LogP contribution in [0, 0.1) is 12.8 Å². The summed E-state index contributed by atoms with van der Waals surface area (Å²) >= 11 is 1.62. The molecule has 6 heteroatoms. The van der Waals surface area contributed by atoms with Gasteiger partial charge in [-0.15, -0.1) is 11.3 Å². The number of anilines is 1. The van der Waals surface area contributed by atoms with E-state index in [0.717, 1.165) is 40.9 Å². The van der Waals surface area contributed by atoms with Crippen LogP contribution in [0.25, 0.3) is 10.2 Å². The maximum absolute atomic E-state index is 12.9. The molecule has 1 amide bonds. The van der Waals surface area contributed by atoms with E-state index in [1.807, 2.05) is 31.2 Å². The standard InChI is InChI=1S/C20H21N3O2S/c1-12-7-8-14-16(9-12)26-19-18(14)20(25)23(11-21-19)10-17(24)22-15-6-4-3-5-13(15)2/h3-6,11-12H,7-10H2,1-2H3,(H,22,24)/t12-/m0/s1. The molecule has 0 aliphatic heterocycles. The highest BCUT2D eigenvalue weighted by atomic mass is 32.1. The minimum Gasteiger partial charge on any atom is -0.324 e. The maximum Gasteiger partial charge on any atom is 0.262 e. The monoisotopic (exact) mass is 367 g/mol. The lowest BCUT2D eigenvalue weighted by Crippen LogP contribution is -2.28. The Kier molecular flexibility index (Phi) is 4.36. The van der Waals surface area contributed by atoms with E-state index in [1.165, 1.54) is 15.8 Å². The van der Waals surface area contributed by atoms with E-state index < -0.39 is 0 Å². The number of carbonyl (C=O) groups is 1. The molecular formula is C20H21N3O2S. The highest BCUT2D eigenvalue weighted by Gasteiger charge is 2.23. The van der Waals surface area contributed by atoms with Gasteiger partial charge in [-0.25, -0.2) is 4.98 Å². The molecule has 0 saturated heterocycles. The summed E-state index contributed by atoms with van der Waals surface area (Å²) in [6.07, 6.45) is 4.53. The summed E-state index contributed by atoms with van der Waals surface area (Å²) in [7, 11) is 0. The van der Waals surface area contributed by atoms with Crippen molar-refractivity contribution in [2.75, 3.05) is 5.32 Å². The average molecular weight is 367 g/mol. The van der Waals surface area contributed by atoms with Gasteiger partial charge >= 0.3 is 0 Å². The van der Waals surface area contributed by atoms with Gasteiger partial charge in [0, 0.05) is 10.6 Å². The lowest BCUT2D eigenvalue weighted by atomic mass is 9.89. The molecule has 4 rings (SSSR count). The van der Waals surface area contributed by atoms with E-state index in [2.05, 4.69) is 17.2 Å². The van der Waals surface area contributed by atoms with Crippen molar-refractivity contribution in [3.05, 3.63) is 57.0 Å². The van der Waals surface area contributed by atoms with Gasteiger partial charge in [-0.2, -0.15) is 0 Å². The van der Waals surface area contributed by atoms with Gasteiger partial charge in [-0.1, -0.05) is 25.1 Å². The molecule has 2 heterocycles. The van der Waals surface area contributed by atoms with Gasteiger partial charge in [-0.05, 0) is 49.3 Å². The van der Waals surface area contributed by atoms with E-state index in [4.69, 9.17) is 0 Å². The lowest BCUT2D eigenvalue weighted by molar-refractivity contribution is -0.116. The first-order valence-electron chi connectivity index (χ1n) is 8.88. The normalized spacial score (nSPS) is 16.5. The Morgan fingerprint density at radius 2 is 2.19 bits per heavy atom. The van der Waals surface area contributed by atoms with Gasteiger partial charge in [0.15, 0.2) is 0 Å². The van der Waals surface area contributed by atoms with Crippen LogP contribution in [0.2, 0.25) is 0 Å². The Morgan fingerprint density at radius 1 is 1.38 bits per heavy atom. The van der Waals surface area contributed by atoms with Gasteiger partial charge in [0.2, 0.25) is 5.91 Å². The number of rotatable bonds is 3. The van der Waals surface area contributed by atoms with Crippen LogP contribution in [0.1, 0.15) is 29.3 Å². The van der Waals surface area contributed by atoms with Gasteiger partial charge in [0.25, 0.3) is 5.56 Å². The van der Waals surface area contributed by atoms with Crippen LogP contribution >= 0.6 is 11.3 Å². The van der Waals surface area contributed by atoms with Gasteiger partial charge in [-0.3, -0.25) is 14.2 Å². The van der Waals surface area contributed by atoms with Crippen LogP contribution in [-0.4, -0.2) is 15.5 Å². The van der Waals surface area contributed by atoms with E-state index in [0.29, 0.717) is 11.3 Å². The van der Waals surface area contributed by atoms with Crippen molar-refractivity contribution in [2.45, 2.75) is 39.7 Å². The van der Waals surface area contributed by atoms with Crippen LogP contribution in [0.3, 0.4) is 0 Å². The summed E-state index contributed by atoms with van der Waals surface area (Å²) < 4.78 is 1.42. The molecule has 0 unspecified atom stereocenters. The molecule has 1 aliphatic rings. The number of nitrogens with zero attached hydrogens (tertiary/aromatic N) is 2. The highest BCUT2D eigenvalue weighted by molar-refractivity contribution is 7.18. The average Bonchev–Trinajstić information content (AvgIpc) is 2.97. The Balaban J connectivity index is 1.63. The molecule has 0 saturated carbocycles. The second-order valence-electron chi connectivity index (χ2n) is 7.07.